The first-order chi connectivity index (χ1) is 16.6. The zero-order valence-corrected chi connectivity index (χ0v) is 20.9. The van der Waals surface area contributed by atoms with Crippen LogP contribution in [-0.4, -0.2) is 25.2 Å². The second kappa shape index (κ2) is 13.6. The lowest BCUT2D eigenvalue weighted by molar-refractivity contribution is 0.0509. The van der Waals surface area contributed by atoms with Gasteiger partial charge in [-0.15, -0.1) is 0 Å². The van der Waals surface area contributed by atoms with Crippen molar-refractivity contribution < 1.29 is 23.8 Å². The highest BCUT2D eigenvalue weighted by Crippen LogP contribution is 2.27. The molecule has 0 saturated carbocycles. The number of hydrogen-bond acceptors (Lipinski definition) is 5. The molecule has 0 radical (unpaired) electrons. The lowest BCUT2D eigenvalue weighted by Gasteiger charge is -2.10. The van der Waals surface area contributed by atoms with Gasteiger partial charge in [-0.1, -0.05) is 56.5 Å². The van der Waals surface area contributed by atoms with Crippen LogP contribution in [0.4, 0.5) is 0 Å². The van der Waals surface area contributed by atoms with Crippen molar-refractivity contribution >= 4 is 27.9 Å². The van der Waals surface area contributed by atoms with Gasteiger partial charge in [-0.3, -0.25) is 0 Å². The van der Waals surface area contributed by atoms with Crippen LogP contribution < -0.4 is 9.47 Å². The average molecular weight is 525 g/mol. The van der Waals surface area contributed by atoms with Crippen molar-refractivity contribution in [2.24, 2.45) is 0 Å². The molecular formula is C28H29BrO5. The SMILES string of the molecule is CCCCCCOc1ccc(C(=O)Oc2ccc(C(=O)OCCc3ccccc3)cc2)cc1Br. The first-order valence-electron chi connectivity index (χ1n) is 11.5. The smallest absolute Gasteiger partial charge is 0.343 e. The molecule has 0 fully saturated rings. The Morgan fingerprint density at radius 1 is 0.794 bits per heavy atom. The third-order valence-corrected chi connectivity index (χ3v) is 5.81. The van der Waals surface area contributed by atoms with Crippen molar-refractivity contribution in [3.8, 4) is 11.5 Å². The van der Waals surface area contributed by atoms with Gasteiger partial charge < -0.3 is 14.2 Å². The minimum atomic E-state index is -0.492. The van der Waals surface area contributed by atoms with E-state index in [0.717, 1.165) is 18.4 Å². The molecule has 5 nitrogen and oxygen atoms in total. The Balaban J connectivity index is 1.48. The van der Waals surface area contributed by atoms with Gasteiger partial charge in [0.25, 0.3) is 0 Å². The molecule has 0 bridgehead atoms. The lowest BCUT2D eigenvalue weighted by atomic mass is 10.2. The molecule has 0 aliphatic heterocycles. The number of halogens is 1. The summed E-state index contributed by atoms with van der Waals surface area (Å²) in [5.41, 5.74) is 1.90. The van der Waals surface area contributed by atoms with Gasteiger partial charge in [0.1, 0.15) is 11.5 Å². The van der Waals surface area contributed by atoms with Gasteiger partial charge in [-0.25, -0.2) is 9.59 Å². The highest BCUT2D eigenvalue weighted by atomic mass is 79.9. The number of benzene rings is 3. The van der Waals surface area contributed by atoms with Crippen LogP contribution in [-0.2, 0) is 11.2 Å². The van der Waals surface area contributed by atoms with Crippen LogP contribution in [0.5, 0.6) is 11.5 Å². The van der Waals surface area contributed by atoms with E-state index in [1.807, 2.05) is 30.3 Å². The molecule has 0 amide bonds. The zero-order valence-electron chi connectivity index (χ0n) is 19.3. The van der Waals surface area contributed by atoms with Crippen molar-refractivity contribution in [3.05, 3.63) is 94.0 Å². The Morgan fingerprint density at radius 3 is 2.24 bits per heavy atom. The normalized spacial score (nSPS) is 10.5. The van der Waals surface area contributed by atoms with Crippen LogP contribution in [0.25, 0.3) is 0 Å². The lowest BCUT2D eigenvalue weighted by Crippen LogP contribution is -2.10. The fourth-order valence-corrected chi connectivity index (χ4v) is 3.76. The number of carbonyl (C=O) groups excluding carboxylic acids is 2. The Morgan fingerprint density at radius 2 is 1.53 bits per heavy atom. The van der Waals surface area contributed by atoms with Crippen molar-refractivity contribution in [2.75, 3.05) is 13.2 Å². The predicted molar refractivity (Wildman–Crippen MR) is 136 cm³/mol. The summed E-state index contributed by atoms with van der Waals surface area (Å²) >= 11 is 3.46. The molecule has 3 aromatic rings. The number of ether oxygens (including phenoxy) is 3. The minimum Gasteiger partial charge on any atom is -0.492 e. The van der Waals surface area contributed by atoms with E-state index in [2.05, 4.69) is 22.9 Å². The van der Waals surface area contributed by atoms with E-state index in [9.17, 15) is 9.59 Å². The molecule has 3 aromatic carbocycles. The number of carbonyl (C=O) groups is 2. The second-order valence-corrected chi connectivity index (χ2v) is 8.69. The number of unbranched alkanes of at least 4 members (excludes halogenated alkanes) is 3. The molecular weight excluding hydrogens is 496 g/mol. The van der Waals surface area contributed by atoms with Crippen LogP contribution in [0.15, 0.2) is 77.3 Å². The van der Waals surface area contributed by atoms with Crippen LogP contribution in [0.1, 0.15) is 58.9 Å². The molecule has 0 spiro atoms. The quantitative estimate of drug-likeness (QED) is 0.144. The third kappa shape index (κ3) is 8.03. The first-order valence-corrected chi connectivity index (χ1v) is 12.3. The fourth-order valence-electron chi connectivity index (χ4n) is 3.27. The summed E-state index contributed by atoms with van der Waals surface area (Å²) in [6.07, 6.45) is 5.18. The summed E-state index contributed by atoms with van der Waals surface area (Å²) < 4.78 is 17.3. The summed E-state index contributed by atoms with van der Waals surface area (Å²) in [5, 5.41) is 0. The first kappa shape index (κ1) is 25.5. The van der Waals surface area contributed by atoms with E-state index in [1.165, 1.54) is 12.8 Å². The predicted octanol–water partition coefficient (Wildman–Crippen LogP) is 7.03. The fraction of sp³-hybridized carbons (Fsp3) is 0.286. The topological polar surface area (TPSA) is 61.8 Å². The molecule has 3 rings (SSSR count). The van der Waals surface area contributed by atoms with Gasteiger partial charge in [0, 0.05) is 6.42 Å². The van der Waals surface area contributed by atoms with Crippen molar-refractivity contribution in [2.45, 2.75) is 39.0 Å². The van der Waals surface area contributed by atoms with Crippen LogP contribution in [0.2, 0.25) is 0 Å². The Bertz CT molecular complexity index is 1060. The zero-order chi connectivity index (χ0) is 24.2. The maximum absolute atomic E-state index is 12.5. The van der Waals surface area contributed by atoms with Crippen molar-refractivity contribution in [1.82, 2.24) is 0 Å². The maximum Gasteiger partial charge on any atom is 0.343 e. The van der Waals surface area contributed by atoms with Crippen molar-refractivity contribution in [1.29, 1.82) is 0 Å². The number of rotatable bonds is 12. The van der Waals surface area contributed by atoms with Gasteiger partial charge in [-0.2, -0.15) is 0 Å². The van der Waals surface area contributed by atoms with E-state index in [0.29, 0.717) is 46.7 Å². The molecule has 0 heterocycles. The molecule has 0 atom stereocenters. The summed E-state index contributed by atoms with van der Waals surface area (Å²) in [7, 11) is 0. The van der Waals surface area contributed by atoms with E-state index >= 15 is 0 Å². The summed E-state index contributed by atoms with van der Waals surface area (Å²) in [6.45, 7) is 3.11. The monoisotopic (exact) mass is 524 g/mol. The van der Waals surface area contributed by atoms with Gasteiger partial charge in [-0.05, 0) is 70.4 Å². The molecule has 0 N–H and O–H groups in total. The van der Waals surface area contributed by atoms with E-state index < -0.39 is 11.9 Å². The summed E-state index contributed by atoms with van der Waals surface area (Å²) in [4.78, 5) is 24.8. The molecule has 178 valence electrons. The molecule has 34 heavy (non-hydrogen) atoms. The van der Waals surface area contributed by atoms with E-state index in [1.54, 1.807) is 42.5 Å². The van der Waals surface area contributed by atoms with Crippen molar-refractivity contribution in [3.63, 3.8) is 0 Å². The average Bonchev–Trinajstić information content (AvgIpc) is 2.85. The maximum atomic E-state index is 12.5. The minimum absolute atomic E-state index is 0.299. The second-order valence-electron chi connectivity index (χ2n) is 7.84. The third-order valence-electron chi connectivity index (χ3n) is 5.19. The molecule has 0 saturated heterocycles. The number of esters is 2. The highest BCUT2D eigenvalue weighted by Gasteiger charge is 2.13. The molecule has 0 aromatic heterocycles. The molecule has 0 aliphatic rings. The molecule has 0 unspecified atom stereocenters. The van der Waals surface area contributed by atoms with Gasteiger partial charge in [0.15, 0.2) is 0 Å². The highest BCUT2D eigenvalue weighted by molar-refractivity contribution is 9.10. The van der Waals surface area contributed by atoms with E-state index in [4.69, 9.17) is 14.2 Å². The Kier molecular flexibility index (Phi) is 10.2. The van der Waals surface area contributed by atoms with Crippen LogP contribution in [0.3, 0.4) is 0 Å². The largest absolute Gasteiger partial charge is 0.492 e. The Labute approximate surface area is 209 Å². The van der Waals surface area contributed by atoms with Gasteiger partial charge >= 0.3 is 11.9 Å². The molecule has 0 aliphatic carbocycles. The standard InChI is InChI=1S/C28H29BrO5/c1-2-3-4-8-18-32-26-16-13-23(20-25(26)29)28(31)34-24-14-11-22(12-15-24)27(30)33-19-17-21-9-6-5-7-10-21/h5-7,9-16,20H,2-4,8,17-19H2,1H3. The van der Waals surface area contributed by atoms with Gasteiger partial charge in [0.2, 0.25) is 0 Å². The van der Waals surface area contributed by atoms with Gasteiger partial charge in [0.05, 0.1) is 28.8 Å². The van der Waals surface area contributed by atoms with Crippen LogP contribution in [0, 0.1) is 0 Å². The summed E-state index contributed by atoms with van der Waals surface area (Å²) in [5.74, 6) is 0.137. The Hall–Kier alpha value is -3.12. The summed E-state index contributed by atoms with van der Waals surface area (Å²) in [6, 6.07) is 21.3. The van der Waals surface area contributed by atoms with Crippen LogP contribution >= 0.6 is 15.9 Å². The number of hydrogen-bond donors (Lipinski definition) is 0. The van der Waals surface area contributed by atoms with E-state index in [-0.39, 0.29) is 0 Å². The molecule has 6 heteroatoms.